The highest BCUT2D eigenvalue weighted by molar-refractivity contribution is 5.86. The summed E-state index contributed by atoms with van der Waals surface area (Å²) in [5.74, 6) is -0.346. The van der Waals surface area contributed by atoms with Crippen molar-refractivity contribution in [2.45, 2.75) is 61.4 Å². The maximum Gasteiger partial charge on any atom is 0.229 e. The molecule has 0 bridgehead atoms. The molecule has 0 unspecified atom stereocenters. The van der Waals surface area contributed by atoms with Crippen molar-refractivity contribution >= 4 is 11.0 Å². The highest BCUT2D eigenvalue weighted by Crippen LogP contribution is 2.33. The molecule has 8 N–H and O–H groups in total. The van der Waals surface area contributed by atoms with Crippen molar-refractivity contribution in [3.8, 4) is 22.8 Å². The zero-order valence-corrected chi connectivity index (χ0v) is 21.3. The van der Waals surface area contributed by atoms with E-state index in [0.717, 1.165) is 6.07 Å². The number of phenols is 1. The number of rotatable bonds is 7. The first-order valence-corrected chi connectivity index (χ1v) is 12.7. The number of aliphatic hydroxyl groups is 7. The minimum Gasteiger partial charge on any atom is -0.507 e. The van der Waals surface area contributed by atoms with Gasteiger partial charge in [-0.05, 0) is 0 Å². The van der Waals surface area contributed by atoms with Gasteiger partial charge < -0.3 is 64.2 Å². The summed E-state index contributed by atoms with van der Waals surface area (Å²) in [7, 11) is 0. The third-order valence-corrected chi connectivity index (χ3v) is 7.04. The molecule has 2 aromatic carbocycles. The second kappa shape index (κ2) is 12.0. The van der Waals surface area contributed by atoms with E-state index in [1.807, 2.05) is 0 Å². The summed E-state index contributed by atoms with van der Waals surface area (Å²) in [4.78, 5) is 12.7. The minimum atomic E-state index is -1.78. The molecule has 14 nitrogen and oxygen atoms in total. The molecule has 2 saturated heterocycles. The Kier molecular flexibility index (Phi) is 8.58. The average Bonchev–Trinajstić information content (AvgIpc) is 2.96. The molecule has 2 fully saturated rings. The molecule has 41 heavy (non-hydrogen) atoms. The van der Waals surface area contributed by atoms with E-state index in [-0.39, 0.29) is 22.5 Å². The molecule has 2 aliphatic rings. The summed E-state index contributed by atoms with van der Waals surface area (Å²) in [6.07, 6.45) is -16.0. The topological polar surface area (TPSA) is 229 Å². The first-order chi connectivity index (χ1) is 19.6. The lowest BCUT2D eigenvalue weighted by atomic mass is 9.98. The molecule has 0 aliphatic carbocycles. The van der Waals surface area contributed by atoms with Crippen LogP contribution in [0.15, 0.2) is 57.7 Å². The van der Waals surface area contributed by atoms with E-state index >= 15 is 0 Å². The summed E-state index contributed by atoms with van der Waals surface area (Å²) < 4.78 is 27.8. The van der Waals surface area contributed by atoms with Crippen LogP contribution >= 0.6 is 0 Å². The van der Waals surface area contributed by atoms with Crippen molar-refractivity contribution in [2.24, 2.45) is 0 Å². The van der Waals surface area contributed by atoms with Gasteiger partial charge in [-0.15, -0.1) is 0 Å². The number of fused-ring (bicyclic) bond motifs is 1. The van der Waals surface area contributed by atoms with Crippen LogP contribution in [-0.4, -0.2) is 115 Å². The van der Waals surface area contributed by atoms with Gasteiger partial charge in [0.25, 0.3) is 0 Å². The summed E-state index contributed by atoms with van der Waals surface area (Å²) in [5, 5.41) is 81.2. The molecule has 0 amide bonds. The Morgan fingerprint density at radius 3 is 2.07 bits per heavy atom. The maximum absolute atomic E-state index is 12.7. The molecule has 222 valence electrons. The van der Waals surface area contributed by atoms with Gasteiger partial charge in [0, 0.05) is 23.8 Å². The molecule has 0 saturated carbocycles. The maximum atomic E-state index is 12.7. The zero-order valence-electron chi connectivity index (χ0n) is 21.3. The van der Waals surface area contributed by atoms with E-state index < -0.39 is 85.8 Å². The Morgan fingerprint density at radius 2 is 1.39 bits per heavy atom. The van der Waals surface area contributed by atoms with Gasteiger partial charge in [0.2, 0.25) is 6.29 Å². The lowest BCUT2D eigenvalue weighted by Crippen LogP contribution is -2.62. The predicted molar refractivity (Wildman–Crippen MR) is 137 cm³/mol. The number of phenolic OH excluding ortho intramolecular Hbond substituents is 1. The molecule has 14 heteroatoms. The number of hydrogen-bond acceptors (Lipinski definition) is 14. The summed E-state index contributed by atoms with van der Waals surface area (Å²) in [6.45, 7) is -1.23. The summed E-state index contributed by atoms with van der Waals surface area (Å²) in [5.41, 5.74) is 0.0782. The predicted octanol–water partition coefficient (Wildman–Crippen LogP) is -1.83. The van der Waals surface area contributed by atoms with E-state index in [0.29, 0.717) is 5.56 Å². The van der Waals surface area contributed by atoms with Gasteiger partial charge in [-0.25, -0.2) is 0 Å². The molecule has 3 aromatic rings. The molecule has 0 spiro atoms. The van der Waals surface area contributed by atoms with E-state index in [2.05, 4.69) is 0 Å². The quantitative estimate of drug-likeness (QED) is 0.154. The molecular formula is C27H30O14. The first kappa shape index (κ1) is 29.3. The van der Waals surface area contributed by atoms with E-state index in [4.69, 9.17) is 23.4 Å². The van der Waals surface area contributed by atoms with Crippen LogP contribution in [0.3, 0.4) is 0 Å². The second-order valence-electron chi connectivity index (χ2n) is 9.82. The van der Waals surface area contributed by atoms with Gasteiger partial charge in [0.05, 0.1) is 13.2 Å². The number of hydrogen-bond donors (Lipinski definition) is 8. The van der Waals surface area contributed by atoms with E-state index in [9.17, 15) is 45.6 Å². The van der Waals surface area contributed by atoms with Gasteiger partial charge in [0.15, 0.2) is 11.7 Å². The lowest BCUT2D eigenvalue weighted by molar-refractivity contribution is -0.323. The Bertz CT molecular complexity index is 1390. The van der Waals surface area contributed by atoms with Gasteiger partial charge in [-0.3, -0.25) is 4.79 Å². The van der Waals surface area contributed by atoms with E-state index in [1.165, 1.54) is 12.1 Å². The van der Waals surface area contributed by atoms with Crippen molar-refractivity contribution < 1.29 is 64.2 Å². The number of ether oxygens (including phenoxy) is 4. The van der Waals surface area contributed by atoms with Crippen molar-refractivity contribution in [3.63, 3.8) is 0 Å². The monoisotopic (exact) mass is 578 g/mol. The van der Waals surface area contributed by atoms with Crippen LogP contribution in [0.2, 0.25) is 0 Å². The molecule has 3 heterocycles. The fourth-order valence-electron chi connectivity index (χ4n) is 4.74. The van der Waals surface area contributed by atoms with Gasteiger partial charge in [0.1, 0.15) is 77.1 Å². The third-order valence-electron chi connectivity index (χ3n) is 7.04. The van der Waals surface area contributed by atoms with Crippen LogP contribution in [0.4, 0.5) is 0 Å². The number of aromatic hydroxyl groups is 1. The normalized spacial score (nSPS) is 34.0. The molecule has 1 aromatic heterocycles. The minimum absolute atomic E-state index is 0.0280. The summed E-state index contributed by atoms with van der Waals surface area (Å²) >= 11 is 0. The number of benzene rings is 2. The van der Waals surface area contributed by atoms with Crippen LogP contribution in [-0.2, 0) is 14.2 Å². The Labute approximate surface area is 231 Å². The average molecular weight is 579 g/mol. The standard InChI is InChI=1S/C27H30O14/c28-9-17-20(31)22(33)24(35)26(40-17)37-10-18-21(32)23(34)25(36)27(41-18)38-12-6-13(29)19-14(30)8-15(39-16(19)7-12)11-4-2-1-3-5-11/h1-8,17-18,20-29,31-36H,9-10H2/t17-,18-,20+,21-,22+,23-,24-,25-,26-,27-/m1/s1. The number of aliphatic hydroxyl groups excluding tert-OH is 7. The van der Waals surface area contributed by atoms with Crippen molar-refractivity contribution in [3.05, 3.63) is 58.8 Å². The van der Waals surface area contributed by atoms with Crippen LogP contribution in [0, 0.1) is 0 Å². The van der Waals surface area contributed by atoms with Gasteiger partial charge >= 0.3 is 0 Å². The molecule has 5 rings (SSSR count). The Hall–Kier alpha value is -3.15. The molecular weight excluding hydrogens is 548 g/mol. The van der Waals surface area contributed by atoms with Gasteiger partial charge in [-0.2, -0.15) is 0 Å². The molecule has 10 atom stereocenters. The molecule has 0 radical (unpaired) electrons. The third kappa shape index (κ3) is 5.80. The van der Waals surface area contributed by atoms with Crippen molar-refractivity contribution in [1.29, 1.82) is 0 Å². The lowest BCUT2D eigenvalue weighted by Gasteiger charge is -2.42. The first-order valence-electron chi connectivity index (χ1n) is 12.7. The highest BCUT2D eigenvalue weighted by Gasteiger charge is 2.48. The summed E-state index contributed by atoms with van der Waals surface area (Å²) in [6, 6.07) is 12.4. The molecule has 2 aliphatic heterocycles. The smallest absolute Gasteiger partial charge is 0.229 e. The van der Waals surface area contributed by atoms with E-state index in [1.54, 1.807) is 30.3 Å². The van der Waals surface area contributed by atoms with Crippen LogP contribution in [0.1, 0.15) is 0 Å². The second-order valence-corrected chi connectivity index (χ2v) is 9.82. The van der Waals surface area contributed by atoms with Crippen molar-refractivity contribution in [1.82, 2.24) is 0 Å². The van der Waals surface area contributed by atoms with Crippen molar-refractivity contribution in [2.75, 3.05) is 13.2 Å². The SMILES string of the molecule is O=c1cc(-c2ccccc2)oc2cc(O[C@@H]3O[C@H](CO[C@@H]4O[C@H](CO)[C@H](O)[C@H](O)[C@H]4O)[C@@H](O)[C@@H](O)[C@H]3O)cc(O)c12. The van der Waals surface area contributed by atoms with Crippen LogP contribution < -0.4 is 10.2 Å². The zero-order chi connectivity index (χ0) is 29.4. The largest absolute Gasteiger partial charge is 0.507 e. The van der Waals surface area contributed by atoms with Gasteiger partial charge in [-0.1, -0.05) is 30.3 Å². The fraction of sp³-hybridized carbons (Fsp3) is 0.444. The highest BCUT2D eigenvalue weighted by atomic mass is 16.7. The Morgan fingerprint density at radius 1 is 0.756 bits per heavy atom. The fourth-order valence-corrected chi connectivity index (χ4v) is 4.74. The Balaban J connectivity index is 1.34. The van der Waals surface area contributed by atoms with Crippen LogP contribution in [0.5, 0.6) is 11.5 Å². The van der Waals surface area contributed by atoms with Crippen LogP contribution in [0.25, 0.3) is 22.3 Å².